The lowest BCUT2D eigenvalue weighted by Crippen LogP contribution is -2.34. The maximum atomic E-state index is 12.6. The number of thiophene rings is 1. The number of hydrogen-bond donors (Lipinski definition) is 1. The van der Waals surface area contributed by atoms with Gasteiger partial charge in [-0.2, -0.15) is 0 Å². The SMILES string of the molecule is CC(C)CCN(CCC(C)C)C(=O)c1csc(S(N)(=O)=O)c1. The van der Waals surface area contributed by atoms with Crippen molar-refractivity contribution in [3.05, 3.63) is 17.0 Å². The van der Waals surface area contributed by atoms with Crippen LogP contribution in [0.2, 0.25) is 0 Å². The highest BCUT2D eigenvalue weighted by Gasteiger charge is 2.20. The van der Waals surface area contributed by atoms with E-state index in [4.69, 9.17) is 5.14 Å². The summed E-state index contributed by atoms with van der Waals surface area (Å²) in [6.07, 6.45) is 1.85. The van der Waals surface area contributed by atoms with Gasteiger partial charge in [0.05, 0.1) is 5.56 Å². The van der Waals surface area contributed by atoms with Crippen molar-refractivity contribution in [3.63, 3.8) is 0 Å². The minimum absolute atomic E-state index is 0.0310. The van der Waals surface area contributed by atoms with Crippen LogP contribution in [0.5, 0.6) is 0 Å². The molecule has 0 atom stereocenters. The Morgan fingerprint density at radius 3 is 2.05 bits per heavy atom. The van der Waals surface area contributed by atoms with Crippen molar-refractivity contribution in [1.82, 2.24) is 4.90 Å². The van der Waals surface area contributed by atoms with Crippen LogP contribution in [-0.4, -0.2) is 32.3 Å². The third-order valence-corrected chi connectivity index (χ3v) is 5.73. The second-order valence-corrected chi connectivity index (χ2v) is 9.06. The Kier molecular flexibility index (Phi) is 7.02. The van der Waals surface area contributed by atoms with E-state index in [1.165, 1.54) is 6.07 Å². The second kappa shape index (κ2) is 8.08. The van der Waals surface area contributed by atoms with E-state index in [9.17, 15) is 13.2 Å². The Morgan fingerprint density at radius 2 is 1.68 bits per heavy atom. The van der Waals surface area contributed by atoms with Crippen LogP contribution in [0.1, 0.15) is 50.9 Å². The number of hydrogen-bond acceptors (Lipinski definition) is 4. The van der Waals surface area contributed by atoms with E-state index in [0.29, 0.717) is 30.5 Å². The van der Waals surface area contributed by atoms with Gasteiger partial charge in [-0.3, -0.25) is 4.79 Å². The maximum absolute atomic E-state index is 12.6. The minimum Gasteiger partial charge on any atom is -0.339 e. The first-order chi connectivity index (χ1) is 10.1. The van der Waals surface area contributed by atoms with E-state index in [0.717, 1.165) is 24.2 Å². The molecule has 0 unspecified atom stereocenters. The molecule has 0 saturated heterocycles. The molecule has 0 spiro atoms. The Hall–Kier alpha value is -0.920. The summed E-state index contributed by atoms with van der Waals surface area (Å²) in [4.78, 5) is 14.4. The van der Waals surface area contributed by atoms with Gasteiger partial charge >= 0.3 is 0 Å². The Morgan fingerprint density at radius 1 is 1.18 bits per heavy atom. The van der Waals surface area contributed by atoms with Crippen LogP contribution in [0.15, 0.2) is 15.7 Å². The monoisotopic (exact) mass is 346 g/mol. The summed E-state index contributed by atoms with van der Waals surface area (Å²) in [6.45, 7) is 9.85. The summed E-state index contributed by atoms with van der Waals surface area (Å²) in [5.74, 6) is 0.904. The fourth-order valence-electron chi connectivity index (χ4n) is 1.90. The summed E-state index contributed by atoms with van der Waals surface area (Å²) in [5, 5.41) is 6.67. The molecule has 22 heavy (non-hydrogen) atoms. The van der Waals surface area contributed by atoms with Crippen LogP contribution in [0.25, 0.3) is 0 Å². The molecule has 5 nitrogen and oxygen atoms in total. The standard InChI is InChI=1S/C15H26N2O3S2/c1-11(2)5-7-17(8-6-12(3)4)15(18)13-9-14(21-10-13)22(16,19)20/h9-12H,5-8H2,1-4H3,(H2,16,19,20). The molecular weight excluding hydrogens is 320 g/mol. The first-order valence-corrected chi connectivity index (χ1v) is 9.94. The molecule has 1 rings (SSSR count). The van der Waals surface area contributed by atoms with Gasteiger partial charge in [-0.05, 0) is 30.7 Å². The van der Waals surface area contributed by atoms with Gasteiger partial charge in [0.1, 0.15) is 4.21 Å². The highest BCUT2D eigenvalue weighted by molar-refractivity contribution is 7.91. The largest absolute Gasteiger partial charge is 0.339 e. The molecular formula is C15H26N2O3S2. The fourth-order valence-corrected chi connectivity index (χ4v) is 3.48. The van der Waals surface area contributed by atoms with Gasteiger partial charge in [0.25, 0.3) is 5.91 Å². The summed E-state index contributed by atoms with van der Waals surface area (Å²) in [7, 11) is -3.74. The first-order valence-electron chi connectivity index (χ1n) is 7.52. The van der Waals surface area contributed by atoms with Crippen molar-refractivity contribution in [2.45, 2.75) is 44.7 Å². The molecule has 0 saturated carbocycles. The van der Waals surface area contributed by atoms with Crippen molar-refractivity contribution in [2.75, 3.05) is 13.1 Å². The van der Waals surface area contributed by atoms with Crippen LogP contribution in [0.3, 0.4) is 0 Å². The first kappa shape index (κ1) is 19.1. The number of sulfonamides is 1. The van der Waals surface area contributed by atoms with E-state index in [1.807, 2.05) is 4.90 Å². The predicted octanol–water partition coefficient (Wildman–Crippen LogP) is 2.93. The predicted molar refractivity (Wildman–Crippen MR) is 90.5 cm³/mol. The van der Waals surface area contributed by atoms with Crippen LogP contribution in [0.4, 0.5) is 0 Å². The molecule has 1 heterocycles. The molecule has 0 aliphatic carbocycles. The zero-order valence-electron chi connectivity index (χ0n) is 13.7. The molecule has 0 bridgehead atoms. The normalized spacial score (nSPS) is 12.1. The van der Waals surface area contributed by atoms with Crippen LogP contribution < -0.4 is 5.14 Å². The van der Waals surface area contributed by atoms with E-state index >= 15 is 0 Å². The van der Waals surface area contributed by atoms with Gasteiger partial charge in [0, 0.05) is 18.5 Å². The Balaban J connectivity index is 2.87. The van der Waals surface area contributed by atoms with Gasteiger partial charge in [-0.1, -0.05) is 27.7 Å². The quantitative estimate of drug-likeness (QED) is 0.786. The van der Waals surface area contributed by atoms with Gasteiger partial charge in [0.2, 0.25) is 10.0 Å². The summed E-state index contributed by atoms with van der Waals surface area (Å²) in [5.41, 5.74) is 0.404. The van der Waals surface area contributed by atoms with E-state index in [1.54, 1.807) is 5.38 Å². The Bertz CT molecular complexity index is 580. The molecule has 0 aliphatic heterocycles. The lowest BCUT2D eigenvalue weighted by atomic mass is 10.1. The van der Waals surface area contributed by atoms with Gasteiger partial charge in [-0.15, -0.1) is 11.3 Å². The average Bonchev–Trinajstić information content (AvgIpc) is 2.86. The van der Waals surface area contributed by atoms with E-state index in [2.05, 4.69) is 27.7 Å². The van der Waals surface area contributed by atoms with Crippen LogP contribution >= 0.6 is 11.3 Å². The molecule has 1 aromatic rings. The lowest BCUT2D eigenvalue weighted by molar-refractivity contribution is 0.0741. The molecule has 0 aromatic carbocycles. The number of rotatable bonds is 8. The van der Waals surface area contributed by atoms with Crippen molar-refractivity contribution in [3.8, 4) is 0 Å². The van der Waals surface area contributed by atoms with Crippen LogP contribution in [0, 0.1) is 11.8 Å². The number of nitrogens with zero attached hydrogens (tertiary/aromatic N) is 1. The molecule has 1 aromatic heterocycles. The van der Waals surface area contributed by atoms with Crippen LogP contribution in [-0.2, 0) is 10.0 Å². The number of amides is 1. The number of carbonyl (C=O) groups is 1. The summed E-state index contributed by atoms with van der Waals surface area (Å²) < 4.78 is 22.7. The lowest BCUT2D eigenvalue weighted by Gasteiger charge is -2.24. The number of nitrogens with two attached hydrogens (primary N) is 1. The summed E-state index contributed by atoms with van der Waals surface area (Å²) in [6, 6.07) is 1.38. The average molecular weight is 347 g/mol. The molecule has 7 heteroatoms. The second-order valence-electron chi connectivity index (χ2n) is 6.36. The third kappa shape index (κ3) is 6.06. The maximum Gasteiger partial charge on any atom is 0.254 e. The topological polar surface area (TPSA) is 80.5 Å². The van der Waals surface area contributed by atoms with Gasteiger partial charge < -0.3 is 4.90 Å². The molecule has 0 fully saturated rings. The van der Waals surface area contributed by atoms with Crippen molar-refractivity contribution in [1.29, 1.82) is 0 Å². The molecule has 0 radical (unpaired) electrons. The molecule has 2 N–H and O–H groups in total. The van der Waals surface area contributed by atoms with E-state index < -0.39 is 10.0 Å². The Labute approximate surface area is 137 Å². The van der Waals surface area contributed by atoms with E-state index in [-0.39, 0.29) is 10.1 Å². The smallest absolute Gasteiger partial charge is 0.254 e. The number of primary sulfonamides is 1. The van der Waals surface area contributed by atoms with Crippen molar-refractivity contribution < 1.29 is 13.2 Å². The zero-order valence-corrected chi connectivity index (χ0v) is 15.3. The summed E-state index contributed by atoms with van der Waals surface area (Å²) >= 11 is 0.991. The zero-order chi connectivity index (χ0) is 16.9. The fraction of sp³-hybridized carbons (Fsp3) is 0.667. The highest BCUT2D eigenvalue weighted by atomic mass is 32.2. The molecule has 1 amide bonds. The third-order valence-electron chi connectivity index (χ3n) is 3.34. The van der Waals surface area contributed by atoms with Crippen molar-refractivity contribution >= 4 is 27.3 Å². The molecule has 0 aliphatic rings. The number of carbonyl (C=O) groups excluding carboxylic acids is 1. The minimum atomic E-state index is -3.74. The highest BCUT2D eigenvalue weighted by Crippen LogP contribution is 2.21. The van der Waals surface area contributed by atoms with Crippen molar-refractivity contribution in [2.24, 2.45) is 17.0 Å². The molecule has 126 valence electrons. The van der Waals surface area contributed by atoms with Gasteiger partial charge in [0.15, 0.2) is 0 Å². The van der Waals surface area contributed by atoms with Gasteiger partial charge in [-0.25, -0.2) is 13.6 Å².